The van der Waals surface area contributed by atoms with E-state index in [-0.39, 0.29) is 12.1 Å². The van der Waals surface area contributed by atoms with E-state index >= 15 is 0 Å². The molecule has 0 N–H and O–H groups in total. The van der Waals surface area contributed by atoms with Crippen molar-refractivity contribution < 1.29 is 4.52 Å². The molecule has 0 bridgehead atoms. The molecule has 0 spiro atoms. The zero-order chi connectivity index (χ0) is 21.9. The summed E-state index contributed by atoms with van der Waals surface area (Å²) in [6.45, 7) is 4.62. The maximum atomic E-state index is 6.88. The van der Waals surface area contributed by atoms with Crippen LogP contribution >= 0.6 is 8.30 Å². The summed E-state index contributed by atoms with van der Waals surface area (Å²) in [6.07, 6.45) is 0.897. The molecule has 0 amide bonds. The lowest BCUT2D eigenvalue weighted by molar-refractivity contribution is 0.277. The van der Waals surface area contributed by atoms with Crippen molar-refractivity contribution in [1.82, 2.24) is 4.67 Å². The van der Waals surface area contributed by atoms with Crippen LogP contribution in [0.4, 0.5) is 0 Å². The van der Waals surface area contributed by atoms with E-state index in [0.717, 1.165) is 11.9 Å². The summed E-state index contributed by atoms with van der Waals surface area (Å²) in [5.74, 6) is 0.981. The van der Waals surface area contributed by atoms with Crippen molar-refractivity contribution >= 4 is 8.30 Å². The molecule has 3 heteroatoms. The van der Waals surface area contributed by atoms with Gasteiger partial charge in [0.1, 0.15) is 5.75 Å². The number of nitrogens with zero attached hydrogens (tertiary/aromatic N) is 1. The molecule has 1 aliphatic rings. The van der Waals surface area contributed by atoms with Crippen LogP contribution in [-0.4, -0.2) is 4.67 Å². The molecule has 32 heavy (non-hydrogen) atoms. The Morgan fingerprint density at radius 3 is 1.75 bits per heavy atom. The molecule has 3 unspecified atom stereocenters. The van der Waals surface area contributed by atoms with Crippen LogP contribution in [0.25, 0.3) is 11.1 Å². The number of para-hydroxylation sites is 1. The monoisotopic (exact) mass is 437 g/mol. The Bertz CT molecular complexity index is 1080. The van der Waals surface area contributed by atoms with Crippen LogP contribution in [0.15, 0.2) is 109 Å². The van der Waals surface area contributed by atoms with E-state index < -0.39 is 8.30 Å². The Kier molecular flexibility index (Phi) is 6.08. The molecule has 0 aromatic heterocycles. The van der Waals surface area contributed by atoms with Crippen molar-refractivity contribution in [3.05, 3.63) is 126 Å². The van der Waals surface area contributed by atoms with E-state index in [2.05, 4.69) is 128 Å². The zero-order valence-electron chi connectivity index (χ0n) is 18.6. The topological polar surface area (TPSA) is 12.5 Å². The molecule has 0 fully saturated rings. The van der Waals surface area contributed by atoms with Gasteiger partial charge in [-0.25, -0.2) is 4.67 Å². The lowest BCUT2D eigenvalue weighted by Crippen LogP contribution is -2.27. The van der Waals surface area contributed by atoms with Gasteiger partial charge in [-0.15, -0.1) is 0 Å². The lowest BCUT2D eigenvalue weighted by atomic mass is 10.00. The van der Waals surface area contributed by atoms with Gasteiger partial charge in [0, 0.05) is 23.8 Å². The van der Waals surface area contributed by atoms with E-state index in [1.54, 1.807) is 0 Å². The maximum Gasteiger partial charge on any atom is 0.169 e. The van der Waals surface area contributed by atoms with Crippen LogP contribution in [0.5, 0.6) is 5.75 Å². The lowest BCUT2D eigenvalue weighted by Gasteiger charge is -2.39. The third kappa shape index (κ3) is 4.09. The molecule has 160 valence electrons. The largest absolute Gasteiger partial charge is 0.457 e. The molecular formula is C29H28NOP. The van der Waals surface area contributed by atoms with Crippen LogP contribution < -0.4 is 4.52 Å². The molecule has 0 saturated carbocycles. The van der Waals surface area contributed by atoms with Crippen LogP contribution in [0.3, 0.4) is 0 Å². The van der Waals surface area contributed by atoms with Crippen molar-refractivity contribution in [3.63, 3.8) is 0 Å². The fourth-order valence-electron chi connectivity index (χ4n) is 4.60. The van der Waals surface area contributed by atoms with Crippen molar-refractivity contribution in [1.29, 1.82) is 0 Å². The highest BCUT2D eigenvalue weighted by atomic mass is 31.2. The normalized spacial score (nSPS) is 16.9. The maximum absolute atomic E-state index is 6.88. The molecule has 4 aromatic rings. The first-order valence-electron chi connectivity index (χ1n) is 11.2. The Morgan fingerprint density at radius 1 is 0.625 bits per heavy atom. The number of fused-ring (bicyclic) bond motifs is 3. The summed E-state index contributed by atoms with van der Waals surface area (Å²) in [7, 11) is -0.928. The SMILES string of the molecule is CC(c1ccccc1)N(C(C)c1ccccc1)P1Cc2ccccc2-c2ccccc2O1. The van der Waals surface area contributed by atoms with Gasteiger partial charge >= 0.3 is 0 Å². The molecule has 0 radical (unpaired) electrons. The van der Waals surface area contributed by atoms with Gasteiger partial charge in [0.05, 0.1) is 0 Å². The van der Waals surface area contributed by atoms with Crippen LogP contribution in [0.2, 0.25) is 0 Å². The molecule has 3 atom stereocenters. The van der Waals surface area contributed by atoms with E-state index in [1.165, 1.54) is 27.8 Å². The van der Waals surface area contributed by atoms with Crippen molar-refractivity contribution in [3.8, 4) is 16.9 Å². The fourth-order valence-corrected chi connectivity index (χ4v) is 6.92. The van der Waals surface area contributed by atoms with Crippen molar-refractivity contribution in [2.24, 2.45) is 0 Å². The molecule has 5 rings (SSSR count). The molecule has 2 nitrogen and oxygen atoms in total. The number of benzene rings is 4. The first-order chi connectivity index (χ1) is 15.7. The van der Waals surface area contributed by atoms with Crippen LogP contribution in [0.1, 0.15) is 42.6 Å². The number of hydrogen-bond acceptors (Lipinski definition) is 2. The minimum absolute atomic E-state index is 0.218. The van der Waals surface area contributed by atoms with Gasteiger partial charge in [0.2, 0.25) is 0 Å². The minimum atomic E-state index is -0.928. The zero-order valence-corrected chi connectivity index (χ0v) is 19.5. The third-order valence-electron chi connectivity index (χ3n) is 6.32. The van der Waals surface area contributed by atoms with Crippen LogP contribution in [-0.2, 0) is 6.16 Å². The molecule has 0 aliphatic carbocycles. The highest BCUT2D eigenvalue weighted by Gasteiger charge is 2.35. The second-order valence-electron chi connectivity index (χ2n) is 8.31. The Labute approximate surface area is 192 Å². The summed E-state index contributed by atoms with van der Waals surface area (Å²) in [6, 6.07) is 39.2. The summed E-state index contributed by atoms with van der Waals surface area (Å²) in [4.78, 5) is 0. The molecule has 4 aromatic carbocycles. The summed E-state index contributed by atoms with van der Waals surface area (Å²) < 4.78 is 9.47. The second kappa shape index (κ2) is 9.28. The Balaban J connectivity index is 1.61. The van der Waals surface area contributed by atoms with Crippen molar-refractivity contribution in [2.75, 3.05) is 0 Å². The third-order valence-corrected chi connectivity index (χ3v) is 8.55. The van der Waals surface area contributed by atoms with E-state index in [9.17, 15) is 0 Å². The smallest absolute Gasteiger partial charge is 0.169 e. The first-order valence-corrected chi connectivity index (χ1v) is 12.6. The predicted molar refractivity (Wildman–Crippen MR) is 135 cm³/mol. The van der Waals surface area contributed by atoms with Gasteiger partial charge in [-0.1, -0.05) is 103 Å². The quantitative estimate of drug-likeness (QED) is 0.291. The number of hydrogen-bond donors (Lipinski definition) is 0. The second-order valence-corrected chi connectivity index (χ2v) is 9.97. The molecular weight excluding hydrogens is 409 g/mol. The average Bonchev–Trinajstić information content (AvgIpc) is 3.02. The minimum Gasteiger partial charge on any atom is -0.457 e. The van der Waals surface area contributed by atoms with Gasteiger partial charge in [-0.2, -0.15) is 0 Å². The van der Waals surface area contributed by atoms with Crippen LogP contribution in [0, 0.1) is 0 Å². The Morgan fingerprint density at radius 2 is 1.12 bits per heavy atom. The summed E-state index contributed by atoms with van der Waals surface area (Å²) in [5.41, 5.74) is 6.45. The summed E-state index contributed by atoms with van der Waals surface area (Å²) in [5, 5.41) is 0. The fraction of sp³-hybridized carbons (Fsp3) is 0.172. The van der Waals surface area contributed by atoms with E-state index in [1.807, 2.05) is 0 Å². The van der Waals surface area contributed by atoms with Gasteiger partial charge in [-0.05, 0) is 42.2 Å². The highest BCUT2D eigenvalue weighted by molar-refractivity contribution is 7.49. The molecule has 1 aliphatic heterocycles. The van der Waals surface area contributed by atoms with E-state index in [0.29, 0.717) is 0 Å². The molecule has 1 heterocycles. The summed E-state index contributed by atoms with van der Waals surface area (Å²) >= 11 is 0. The van der Waals surface area contributed by atoms with Gasteiger partial charge in [-0.3, -0.25) is 0 Å². The standard InChI is InChI=1S/C29H28NOP/c1-22(24-13-5-3-6-14-24)30(23(2)25-15-7-4-8-16-25)32-21-26-17-9-10-18-27(26)28-19-11-12-20-29(28)31-32/h3-20,22-23H,21H2,1-2H3. The van der Waals surface area contributed by atoms with Gasteiger partial charge in [0.25, 0.3) is 0 Å². The average molecular weight is 438 g/mol. The highest BCUT2D eigenvalue weighted by Crippen LogP contribution is 2.57. The van der Waals surface area contributed by atoms with Gasteiger partial charge in [0.15, 0.2) is 8.30 Å². The molecule has 0 saturated heterocycles. The van der Waals surface area contributed by atoms with Crippen molar-refractivity contribution in [2.45, 2.75) is 32.1 Å². The van der Waals surface area contributed by atoms with Gasteiger partial charge < -0.3 is 4.52 Å². The van der Waals surface area contributed by atoms with E-state index in [4.69, 9.17) is 4.52 Å². The first kappa shape index (κ1) is 20.9. The predicted octanol–water partition coefficient (Wildman–Crippen LogP) is 8.38. The Hall–Kier alpha value is -2.93. The number of rotatable bonds is 5.